The highest BCUT2D eigenvalue weighted by molar-refractivity contribution is 7.13. The minimum Gasteiger partial charge on any atom is -0.473 e. The quantitative estimate of drug-likeness (QED) is 0.850. The standard InChI is InChI=1S/C7H8N4OS2/c1-12-7-9-2-5(14-7)6(8)4-3-13-11-10-4/h2-3,6H,8H2,1H3. The molecule has 2 aromatic heterocycles. The highest BCUT2D eigenvalue weighted by atomic mass is 32.1. The molecular weight excluding hydrogens is 220 g/mol. The van der Waals surface area contributed by atoms with E-state index in [1.807, 2.05) is 5.38 Å². The van der Waals surface area contributed by atoms with Crippen LogP contribution in [-0.2, 0) is 0 Å². The van der Waals surface area contributed by atoms with E-state index in [4.69, 9.17) is 10.5 Å². The smallest absolute Gasteiger partial charge is 0.273 e. The van der Waals surface area contributed by atoms with Gasteiger partial charge in [-0.1, -0.05) is 15.8 Å². The molecule has 74 valence electrons. The molecule has 0 aromatic carbocycles. The van der Waals surface area contributed by atoms with Gasteiger partial charge in [-0.15, -0.1) is 5.10 Å². The molecule has 0 radical (unpaired) electrons. The van der Waals surface area contributed by atoms with Gasteiger partial charge in [-0.05, 0) is 11.5 Å². The Balaban J connectivity index is 2.23. The van der Waals surface area contributed by atoms with Crippen molar-refractivity contribution in [2.75, 3.05) is 7.11 Å². The Kier molecular flexibility index (Phi) is 2.71. The molecule has 2 aromatic rings. The van der Waals surface area contributed by atoms with Crippen molar-refractivity contribution in [2.45, 2.75) is 6.04 Å². The van der Waals surface area contributed by atoms with Gasteiger partial charge in [0.25, 0.3) is 5.19 Å². The fourth-order valence-corrected chi connectivity index (χ4v) is 2.19. The van der Waals surface area contributed by atoms with E-state index in [-0.39, 0.29) is 6.04 Å². The van der Waals surface area contributed by atoms with E-state index in [0.717, 1.165) is 10.6 Å². The molecule has 14 heavy (non-hydrogen) atoms. The van der Waals surface area contributed by atoms with E-state index < -0.39 is 0 Å². The molecule has 0 aliphatic rings. The zero-order valence-electron chi connectivity index (χ0n) is 7.38. The SMILES string of the molecule is COc1ncc(C(N)c2csnn2)s1. The minimum absolute atomic E-state index is 0.254. The van der Waals surface area contributed by atoms with Crippen molar-refractivity contribution in [2.24, 2.45) is 5.73 Å². The first kappa shape index (κ1) is 9.50. The molecule has 0 saturated heterocycles. The van der Waals surface area contributed by atoms with Gasteiger partial charge in [0, 0.05) is 11.6 Å². The predicted octanol–water partition coefficient (Wildman–Crippen LogP) is 1.05. The van der Waals surface area contributed by atoms with Gasteiger partial charge in [-0.3, -0.25) is 0 Å². The number of nitrogens with zero attached hydrogens (tertiary/aromatic N) is 3. The summed E-state index contributed by atoms with van der Waals surface area (Å²) >= 11 is 2.70. The molecule has 0 aliphatic heterocycles. The summed E-state index contributed by atoms with van der Waals surface area (Å²) in [5.74, 6) is 0. The van der Waals surface area contributed by atoms with Gasteiger partial charge in [0.1, 0.15) is 0 Å². The maximum atomic E-state index is 5.95. The molecular formula is C7H8N4OS2. The third-order valence-corrected chi connectivity index (χ3v) is 3.24. The van der Waals surface area contributed by atoms with Crippen LogP contribution in [0.25, 0.3) is 0 Å². The maximum Gasteiger partial charge on any atom is 0.273 e. The second-order valence-electron chi connectivity index (χ2n) is 2.54. The van der Waals surface area contributed by atoms with Crippen LogP contribution < -0.4 is 10.5 Å². The van der Waals surface area contributed by atoms with Crippen molar-refractivity contribution < 1.29 is 4.74 Å². The van der Waals surface area contributed by atoms with Gasteiger partial charge < -0.3 is 10.5 Å². The molecule has 2 rings (SSSR count). The third-order valence-electron chi connectivity index (χ3n) is 1.68. The first-order valence-corrected chi connectivity index (χ1v) is 5.49. The summed E-state index contributed by atoms with van der Waals surface area (Å²) in [6, 6.07) is -0.254. The molecule has 5 nitrogen and oxygen atoms in total. The van der Waals surface area contributed by atoms with Crippen LogP contribution in [0.4, 0.5) is 0 Å². The molecule has 2 heterocycles. The number of nitrogens with two attached hydrogens (primary N) is 1. The summed E-state index contributed by atoms with van der Waals surface area (Å²) in [5.41, 5.74) is 6.71. The lowest BCUT2D eigenvalue weighted by molar-refractivity contribution is 0.412. The number of hydrogen-bond donors (Lipinski definition) is 1. The average Bonchev–Trinajstić information content (AvgIpc) is 2.88. The number of aromatic nitrogens is 3. The van der Waals surface area contributed by atoms with E-state index in [1.165, 1.54) is 22.9 Å². The molecule has 1 unspecified atom stereocenters. The van der Waals surface area contributed by atoms with Crippen LogP contribution in [0.5, 0.6) is 5.19 Å². The number of thiazole rings is 1. The Hall–Kier alpha value is -1.05. The highest BCUT2D eigenvalue weighted by Crippen LogP contribution is 2.27. The number of methoxy groups -OCH3 is 1. The Morgan fingerprint density at radius 3 is 3.00 bits per heavy atom. The van der Waals surface area contributed by atoms with Crippen LogP contribution in [0, 0.1) is 0 Å². The van der Waals surface area contributed by atoms with E-state index in [9.17, 15) is 0 Å². The summed E-state index contributed by atoms with van der Waals surface area (Å²) in [6.07, 6.45) is 1.70. The van der Waals surface area contributed by atoms with Crippen LogP contribution in [0.1, 0.15) is 16.6 Å². The molecule has 1 atom stereocenters. The summed E-state index contributed by atoms with van der Waals surface area (Å²) < 4.78 is 8.74. The molecule has 2 N–H and O–H groups in total. The molecule has 0 bridgehead atoms. The molecule has 0 aliphatic carbocycles. The van der Waals surface area contributed by atoms with E-state index in [0.29, 0.717) is 5.19 Å². The van der Waals surface area contributed by atoms with E-state index in [1.54, 1.807) is 13.3 Å². The first-order valence-electron chi connectivity index (χ1n) is 3.83. The summed E-state index contributed by atoms with van der Waals surface area (Å²) in [5, 5.41) is 6.35. The molecule has 7 heteroatoms. The normalized spacial score (nSPS) is 12.7. The Labute approximate surface area is 88.7 Å². The fraction of sp³-hybridized carbons (Fsp3) is 0.286. The van der Waals surface area contributed by atoms with Crippen molar-refractivity contribution in [1.29, 1.82) is 0 Å². The topological polar surface area (TPSA) is 73.9 Å². The fourth-order valence-electron chi connectivity index (χ4n) is 0.961. The number of rotatable bonds is 3. The van der Waals surface area contributed by atoms with Crippen LogP contribution in [0.15, 0.2) is 11.6 Å². The van der Waals surface area contributed by atoms with Gasteiger partial charge in [-0.25, -0.2) is 4.98 Å². The zero-order chi connectivity index (χ0) is 9.97. The second-order valence-corrected chi connectivity index (χ2v) is 4.17. The van der Waals surface area contributed by atoms with Crippen LogP contribution in [0.2, 0.25) is 0 Å². The minimum atomic E-state index is -0.254. The third kappa shape index (κ3) is 1.74. The Morgan fingerprint density at radius 2 is 2.43 bits per heavy atom. The summed E-state index contributed by atoms with van der Waals surface area (Å²) in [6.45, 7) is 0. The van der Waals surface area contributed by atoms with E-state index >= 15 is 0 Å². The van der Waals surface area contributed by atoms with Gasteiger partial charge in [-0.2, -0.15) is 0 Å². The average molecular weight is 228 g/mol. The van der Waals surface area contributed by atoms with Gasteiger partial charge in [0.2, 0.25) is 0 Å². The lowest BCUT2D eigenvalue weighted by atomic mass is 10.2. The van der Waals surface area contributed by atoms with E-state index in [2.05, 4.69) is 14.6 Å². The second kappa shape index (κ2) is 3.99. The molecule has 0 saturated carbocycles. The lowest BCUT2D eigenvalue weighted by Gasteiger charge is -2.02. The van der Waals surface area contributed by atoms with Crippen molar-refractivity contribution >= 4 is 22.9 Å². The lowest BCUT2D eigenvalue weighted by Crippen LogP contribution is -2.10. The van der Waals surface area contributed by atoms with Crippen molar-refractivity contribution in [3.8, 4) is 5.19 Å². The summed E-state index contributed by atoms with van der Waals surface area (Å²) in [4.78, 5) is 4.96. The van der Waals surface area contributed by atoms with Gasteiger partial charge >= 0.3 is 0 Å². The molecule has 0 amide bonds. The molecule has 0 spiro atoms. The predicted molar refractivity (Wildman–Crippen MR) is 54.6 cm³/mol. The number of hydrogen-bond acceptors (Lipinski definition) is 7. The highest BCUT2D eigenvalue weighted by Gasteiger charge is 2.15. The van der Waals surface area contributed by atoms with Gasteiger partial charge in [0.15, 0.2) is 0 Å². The van der Waals surface area contributed by atoms with Crippen molar-refractivity contribution in [3.63, 3.8) is 0 Å². The maximum absolute atomic E-state index is 5.95. The van der Waals surface area contributed by atoms with Gasteiger partial charge in [0.05, 0.1) is 23.7 Å². The summed E-state index contributed by atoms with van der Waals surface area (Å²) in [7, 11) is 1.58. The number of ether oxygens (including phenoxy) is 1. The molecule has 0 fully saturated rings. The Bertz CT molecular complexity index is 399. The van der Waals surface area contributed by atoms with Crippen LogP contribution >= 0.6 is 22.9 Å². The van der Waals surface area contributed by atoms with Crippen LogP contribution in [0.3, 0.4) is 0 Å². The monoisotopic (exact) mass is 228 g/mol. The largest absolute Gasteiger partial charge is 0.473 e. The van der Waals surface area contributed by atoms with Crippen molar-refractivity contribution in [3.05, 3.63) is 22.1 Å². The van der Waals surface area contributed by atoms with Crippen LogP contribution in [-0.4, -0.2) is 21.7 Å². The van der Waals surface area contributed by atoms with Crippen molar-refractivity contribution in [1.82, 2.24) is 14.6 Å². The zero-order valence-corrected chi connectivity index (χ0v) is 9.01. The first-order chi connectivity index (χ1) is 6.81. The Morgan fingerprint density at radius 1 is 1.57 bits per heavy atom.